The zero-order valence-electron chi connectivity index (χ0n) is 22.3. The fourth-order valence-corrected chi connectivity index (χ4v) is 6.29. The Bertz CT molecular complexity index is 1590. The highest BCUT2D eigenvalue weighted by Gasteiger charge is 2.25. The van der Waals surface area contributed by atoms with Crippen LogP contribution in [0.3, 0.4) is 0 Å². The lowest BCUT2D eigenvalue weighted by Crippen LogP contribution is -2.45. The van der Waals surface area contributed by atoms with E-state index in [-0.39, 0.29) is 11.9 Å². The lowest BCUT2D eigenvalue weighted by molar-refractivity contribution is 0.0949. The van der Waals surface area contributed by atoms with Gasteiger partial charge in [0.2, 0.25) is 5.95 Å². The Labute approximate surface area is 249 Å². The van der Waals surface area contributed by atoms with Gasteiger partial charge in [-0.15, -0.1) is 11.3 Å². The lowest BCUT2D eigenvalue weighted by Gasteiger charge is -2.32. The maximum absolute atomic E-state index is 12.8. The molecule has 202 valence electrons. The van der Waals surface area contributed by atoms with Gasteiger partial charge in [-0.05, 0) is 58.3 Å². The summed E-state index contributed by atoms with van der Waals surface area (Å²) >= 11 is 3.68. The number of likely N-dealkylation sites (N-methyl/N-ethyl adjacent to an activating group) is 1. The van der Waals surface area contributed by atoms with E-state index in [0.29, 0.717) is 18.2 Å². The molecular formula is C28H30IN7OS2. The summed E-state index contributed by atoms with van der Waals surface area (Å²) in [5.41, 5.74) is 3.98. The Kier molecular flexibility index (Phi) is 8.76. The molecule has 1 aromatic carbocycles. The van der Waals surface area contributed by atoms with E-state index in [9.17, 15) is 4.79 Å². The van der Waals surface area contributed by atoms with E-state index in [1.165, 1.54) is 20.3 Å². The van der Waals surface area contributed by atoms with Gasteiger partial charge < -0.3 is 20.4 Å². The average molecular weight is 672 g/mol. The minimum atomic E-state index is -0.0258. The molecule has 1 fully saturated rings. The van der Waals surface area contributed by atoms with E-state index < -0.39 is 0 Å². The molecule has 2 N–H and O–H groups in total. The molecule has 39 heavy (non-hydrogen) atoms. The van der Waals surface area contributed by atoms with Crippen LogP contribution in [0.1, 0.15) is 36.1 Å². The predicted molar refractivity (Wildman–Crippen MR) is 173 cm³/mol. The summed E-state index contributed by atoms with van der Waals surface area (Å²) in [4.78, 5) is 32.7. The molecule has 1 amide bonds. The topological polar surface area (TPSA) is 86.3 Å². The van der Waals surface area contributed by atoms with Crippen LogP contribution in [-0.4, -0.2) is 71.6 Å². The Morgan fingerprint density at radius 1 is 1.08 bits per heavy atom. The summed E-state index contributed by atoms with van der Waals surface area (Å²) in [7, 11) is 3.57. The van der Waals surface area contributed by atoms with Crippen molar-refractivity contribution >= 4 is 80.0 Å². The second-order valence-corrected chi connectivity index (χ2v) is 12.0. The van der Waals surface area contributed by atoms with Gasteiger partial charge in [0, 0.05) is 81.5 Å². The first kappa shape index (κ1) is 27.9. The predicted octanol–water partition coefficient (Wildman–Crippen LogP) is 5.62. The second-order valence-electron chi connectivity index (χ2n) is 9.30. The maximum atomic E-state index is 12.8. The number of nitrogens with one attached hydrogen (secondary N) is 2. The number of thiophene rings is 1. The highest BCUT2D eigenvalue weighted by molar-refractivity contribution is 14.2. The van der Waals surface area contributed by atoms with Crippen LogP contribution in [0.15, 0.2) is 30.3 Å². The number of anilines is 2. The third-order valence-corrected chi connectivity index (χ3v) is 8.67. The number of hydrogen-bond donors (Lipinski definition) is 2. The van der Waals surface area contributed by atoms with E-state index in [1.54, 1.807) is 0 Å². The molecule has 11 heteroatoms. The quantitative estimate of drug-likeness (QED) is 0.210. The van der Waals surface area contributed by atoms with Crippen LogP contribution in [-0.2, 0) is 0 Å². The van der Waals surface area contributed by atoms with E-state index in [2.05, 4.69) is 72.0 Å². The smallest absolute Gasteiger partial charge is 0.263 e. The number of hydrogen-bond acceptors (Lipinski definition) is 9. The van der Waals surface area contributed by atoms with E-state index in [1.807, 2.05) is 39.0 Å². The van der Waals surface area contributed by atoms with E-state index in [4.69, 9.17) is 15.0 Å². The molecule has 0 unspecified atom stereocenters. The number of fused-ring (bicyclic) bond motifs is 5. The number of carbonyl (C=O) groups excluding carboxylic acids is 1. The minimum Gasteiger partial charge on any atom is -0.381 e. The van der Waals surface area contributed by atoms with Crippen LogP contribution in [0.2, 0.25) is 0 Å². The van der Waals surface area contributed by atoms with Crippen LogP contribution in [0, 0.1) is 11.2 Å². The first-order valence-electron chi connectivity index (χ1n) is 13.0. The molecule has 2 aliphatic heterocycles. The van der Waals surface area contributed by atoms with Crippen LogP contribution in [0.4, 0.5) is 11.6 Å². The van der Waals surface area contributed by atoms with Crippen LogP contribution in [0.5, 0.6) is 0 Å². The summed E-state index contributed by atoms with van der Waals surface area (Å²) < 4.78 is 1.07. The Hall–Kier alpha value is -2.66. The first-order valence-corrected chi connectivity index (χ1v) is 17.2. The Morgan fingerprint density at radius 3 is 2.64 bits per heavy atom. The summed E-state index contributed by atoms with van der Waals surface area (Å²) in [6, 6.07) is 10.1. The van der Waals surface area contributed by atoms with E-state index >= 15 is 0 Å². The highest BCUT2D eigenvalue weighted by Crippen LogP contribution is 2.41. The lowest BCUT2D eigenvalue weighted by atomic mass is 10.1. The van der Waals surface area contributed by atoms with Crippen molar-refractivity contribution in [1.82, 2.24) is 25.2 Å². The normalized spacial score (nSPS) is 17.3. The number of rotatable bonds is 2. The molecule has 0 bridgehead atoms. The zero-order chi connectivity index (χ0) is 27.5. The molecular weight excluding hydrogens is 641 g/mol. The van der Waals surface area contributed by atoms with Gasteiger partial charge in [-0.2, -0.15) is 0 Å². The summed E-state index contributed by atoms with van der Waals surface area (Å²) in [6.45, 7) is 10.4. The molecule has 5 heterocycles. The monoisotopic (exact) mass is 671 g/mol. The van der Waals surface area contributed by atoms with Gasteiger partial charge in [0.15, 0.2) is 0 Å². The molecule has 1 saturated heterocycles. The van der Waals surface area contributed by atoms with Crippen molar-refractivity contribution in [3.05, 3.63) is 40.9 Å². The first-order chi connectivity index (χ1) is 19.0. The van der Waals surface area contributed by atoms with Gasteiger partial charge in [-0.1, -0.05) is 13.8 Å². The van der Waals surface area contributed by atoms with Crippen LogP contribution in [0.25, 0.3) is 32.4 Å². The molecule has 4 aromatic rings. The minimum absolute atomic E-state index is 0.0258. The molecule has 0 saturated carbocycles. The maximum Gasteiger partial charge on any atom is 0.263 e. The molecule has 3 aromatic heterocycles. The highest BCUT2D eigenvalue weighted by atomic mass is 127. The zero-order valence-corrected chi connectivity index (χ0v) is 26.1. The van der Waals surface area contributed by atoms with Crippen molar-refractivity contribution in [3.63, 3.8) is 0 Å². The van der Waals surface area contributed by atoms with Gasteiger partial charge in [0.25, 0.3) is 5.91 Å². The second kappa shape index (κ2) is 12.2. The van der Waals surface area contributed by atoms with Crippen molar-refractivity contribution in [2.24, 2.45) is 0 Å². The fourth-order valence-electron chi connectivity index (χ4n) is 4.72. The number of nitrogens with zero attached hydrogens (tertiary/aromatic N) is 5. The summed E-state index contributed by atoms with van der Waals surface area (Å²) in [6.07, 6.45) is 0. The summed E-state index contributed by atoms with van der Waals surface area (Å²) in [5, 5.41) is 11.7. The Balaban J connectivity index is 0.00000151. The van der Waals surface area contributed by atoms with Crippen molar-refractivity contribution < 1.29 is 4.79 Å². The molecule has 0 radical (unpaired) electrons. The third kappa shape index (κ3) is 5.79. The largest absolute Gasteiger partial charge is 0.381 e. The molecule has 2 aliphatic rings. The van der Waals surface area contributed by atoms with Gasteiger partial charge in [0.1, 0.15) is 10.6 Å². The third-order valence-electron chi connectivity index (χ3n) is 6.67. The number of benzene rings is 1. The molecule has 6 rings (SSSR count). The summed E-state index contributed by atoms with van der Waals surface area (Å²) in [5.74, 6) is 3.81. The number of aromatic nitrogens is 3. The SMILES string of the molecule is CC.C[C@@H]1CNc2c(sc3ccc4nc(-c5cc(C#CSI)nc(N6CCN(C)CC6)n5)ccc4c23)C(=O)N1. The number of pyridine rings is 1. The van der Waals surface area contributed by atoms with Gasteiger partial charge in [-0.25, -0.2) is 15.0 Å². The fraction of sp³-hybridized carbons (Fsp3) is 0.357. The number of piperazine rings is 1. The standard InChI is InChI=1S/C26H24IN7OS2.C2H6/c1-15-14-28-23-22-17-3-4-19(31-18(17)5-6-21(22)37-24(23)25(35)29-15)20-13-16(7-12-36-27)30-26(32-20)34-10-8-33(2)9-11-34;1-2/h3-6,13,15,28H,8-11,14H2,1-2H3,(H,29,35);1-2H3/t15-;/m1./s1. The molecule has 0 aliphatic carbocycles. The number of halogens is 1. The Morgan fingerprint density at radius 2 is 1.87 bits per heavy atom. The van der Waals surface area contributed by atoms with Crippen molar-refractivity contribution in [2.45, 2.75) is 26.8 Å². The van der Waals surface area contributed by atoms with Gasteiger partial charge in [0.05, 0.1) is 22.6 Å². The average Bonchev–Trinajstić information content (AvgIpc) is 3.28. The van der Waals surface area contributed by atoms with Crippen molar-refractivity contribution in [3.8, 4) is 22.6 Å². The molecule has 0 spiro atoms. The van der Waals surface area contributed by atoms with Gasteiger partial charge in [-0.3, -0.25) is 4.79 Å². The molecule has 1 atom stereocenters. The van der Waals surface area contributed by atoms with E-state index in [0.717, 1.165) is 69.1 Å². The number of amides is 1. The van der Waals surface area contributed by atoms with Crippen LogP contribution >= 0.6 is 41.5 Å². The molecule has 8 nitrogen and oxygen atoms in total. The van der Waals surface area contributed by atoms with Crippen molar-refractivity contribution in [2.75, 3.05) is 50.0 Å². The van der Waals surface area contributed by atoms with Crippen molar-refractivity contribution in [1.29, 1.82) is 0 Å². The van der Waals surface area contributed by atoms with Crippen LogP contribution < -0.4 is 15.5 Å². The number of carbonyl (C=O) groups is 1. The van der Waals surface area contributed by atoms with Gasteiger partial charge >= 0.3 is 0 Å².